The number of nitroso groups, excluding NO2 is 1. The third-order valence-corrected chi connectivity index (χ3v) is 3.18. The largest absolute Gasteiger partial charge is 0.293 e. The number of nitrogens with one attached hydrogen (secondary N) is 1. The number of ketones is 1. The van der Waals surface area contributed by atoms with Crippen LogP contribution in [-0.2, 0) is 10.0 Å². The summed E-state index contributed by atoms with van der Waals surface area (Å²) in [6.07, 6.45) is 0. The zero-order valence-corrected chi connectivity index (χ0v) is 8.24. The van der Waals surface area contributed by atoms with E-state index >= 15 is 0 Å². The van der Waals surface area contributed by atoms with Crippen LogP contribution in [0.2, 0.25) is 0 Å². The first-order chi connectivity index (χ1) is 7.03. The maximum Gasteiger partial charge on any atom is 0.240 e. The SMILES string of the molecule is O=Nc1cccc2c1NS(=O)(=O)CC2=O. The Morgan fingerprint density at radius 2 is 2.07 bits per heavy atom. The van der Waals surface area contributed by atoms with Crippen molar-refractivity contribution in [3.05, 3.63) is 28.7 Å². The summed E-state index contributed by atoms with van der Waals surface area (Å²) in [5.41, 5.74) is 0.0785. The number of hydrogen-bond donors (Lipinski definition) is 1. The van der Waals surface area contributed by atoms with E-state index in [-0.39, 0.29) is 16.9 Å². The van der Waals surface area contributed by atoms with Crippen LogP contribution in [0.1, 0.15) is 10.4 Å². The molecule has 0 fully saturated rings. The third kappa shape index (κ3) is 1.61. The quantitative estimate of drug-likeness (QED) is 0.723. The topological polar surface area (TPSA) is 92.7 Å². The van der Waals surface area contributed by atoms with Crippen LogP contribution < -0.4 is 4.72 Å². The summed E-state index contributed by atoms with van der Waals surface area (Å²) in [4.78, 5) is 21.8. The van der Waals surface area contributed by atoms with Crippen LogP contribution in [0.15, 0.2) is 23.4 Å². The lowest BCUT2D eigenvalue weighted by molar-refractivity contribution is 0.102. The molecule has 0 aromatic heterocycles. The van der Waals surface area contributed by atoms with Crippen molar-refractivity contribution in [3.8, 4) is 0 Å². The minimum absolute atomic E-state index is 0.0243. The molecule has 1 N–H and O–H groups in total. The highest BCUT2D eigenvalue weighted by Gasteiger charge is 2.29. The van der Waals surface area contributed by atoms with E-state index in [1.165, 1.54) is 18.2 Å². The normalized spacial score (nSPS) is 17.7. The molecule has 0 spiro atoms. The fourth-order valence-corrected chi connectivity index (χ4v) is 2.50. The van der Waals surface area contributed by atoms with Gasteiger partial charge in [0, 0.05) is 5.56 Å². The minimum atomic E-state index is -3.68. The van der Waals surface area contributed by atoms with E-state index < -0.39 is 21.6 Å². The van der Waals surface area contributed by atoms with Gasteiger partial charge in [0.15, 0.2) is 5.78 Å². The van der Waals surface area contributed by atoms with Crippen LogP contribution in [0.5, 0.6) is 0 Å². The van der Waals surface area contributed by atoms with Gasteiger partial charge in [0.25, 0.3) is 0 Å². The molecule has 0 amide bonds. The van der Waals surface area contributed by atoms with Gasteiger partial charge in [0.2, 0.25) is 10.0 Å². The molecule has 1 aliphatic heterocycles. The molecule has 6 nitrogen and oxygen atoms in total. The Balaban J connectivity index is 2.70. The van der Waals surface area contributed by atoms with Gasteiger partial charge in [0.05, 0.1) is 5.69 Å². The van der Waals surface area contributed by atoms with E-state index in [2.05, 4.69) is 9.90 Å². The molecule has 78 valence electrons. The molecule has 0 aliphatic carbocycles. The summed E-state index contributed by atoms with van der Waals surface area (Å²) < 4.78 is 24.6. The second-order valence-corrected chi connectivity index (χ2v) is 4.80. The second-order valence-electron chi connectivity index (χ2n) is 3.08. The summed E-state index contributed by atoms with van der Waals surface area (Å²) >= 11 is 0. The predicted octanol–water partition coefficient (Wildman–Crippen LogP) is 1.02. The summed E-state index contributed by atoms with van der Waals surface area (Å²) in [5.74, 6) is -1.13. The van der Waals surface area contributed by atoms with E-state index in [1.807, 2.05) is 0 Å². The summed E-state index contributed by atoms with van der Waals surface area (Å²) in [7, 11) is -3.68. The second kappa shape index (κ2) is 3.13. The van der Waals surface area contributed by atoms with E-state index in [0.717, 1.165) is 0 Å². The van der Waals surface area contributed by atoms with Crippen molar-refractivity contribution in [1.82, 2.24) is 0 Å². The van der Waals surface area contributed by atoms with Gasteiger partial charge in [0.1, 0.15) is 11.4 Å². The molecule has 1 heterocycles. The summed E-state index contributed by atoms with van der Waals surface area (Å²) in [6.45, 7) is 0. The van der Waals surface area contributed by atoms with Gasteiger partial charge in [-0.25, -0.2) is 8.42 Å². The number of Topliss-reactive ketones (excluding diaryl/α,β-unsaturated/α-hetero) is 1. The first kappa shape index (κ1) is 9.78. The smallest absolute Gasteiger partial charge is 0.240 e. The van der Waals surface area contributed by atoms with Crippen LogP contribution in [-0.4, -0.2) is 20.0 Å². The van der Waals surface area contributed by atoms with Gasteiger partial charge in [-0.1, -0.05) is 6.07 Å². The van der Waals surface area contributed by atoms with Gasteiger partial charge < -0.3 is 0 Å². The zero-order valence-electron chi connectivity index (χ0n) is 7.43. The van der Waals surface area contributed by atoms with Gasteiger partial charge in [-0.05, 0) is 17.3 Å². The number of rotatable bonds is 1. The zero-order chi connectivity index (χ0) is 11.1. The van der Waals surface area contributed by atoms with Crippen LogP contribution >= 0.6 is 0 Å². The molecule has 15 heavy (non-hydrogen) atoms. The maximum absolute atomic E-state index is 11.4. The molecule has 1 aromatic rings. The Morgan fingerprint density at radius 3 is 2.73 bits per heavy atom. The number of carbonyl (C=O) groups is 1. The lowest BCUT2D eigenvalue weighted by Gasteiger charge is -2.17. The Hall–Kier alpha value is -1.76. The highest BCUT2D eigenvalue weighted by molar-refractivity contribution is 7.93. The molecular formula is C8H6N2O4S. The van der Waals surface area contributed by atoms with Crippen molar-refractivity contribution in [2.75, 3.05) is 10.5 Å². The van der Waals surface area contributed by atoms with Gasteiger partial charge in [-0.3, -0.25) is 9.52 Å². The Kier molecular flexibility index (Phi) is 2.04. The lowest BCUT2D eigenvalue weighted by atomic mass is 10.1. The monoisotopic (exact) mass is 226 g/mol. The maximum atomic E-state index is 11.4. The number of sulfonamides is 1. The Bertz CT molecular complexity index is 550. The van der Waals surface area contributed by atoms with Crippen LogP contribution in [0.4, 0.5) is 11.4 Å². The fourth-order valence-electron chi connectivity index (χ4n) is 1.40. The molecule has 0 saturated carbocycles. The predicted molar refractivity (Wildman–Crippen MR) is 53.6 cm³/mol. The lowest BCUT2D eigenvalue weighted by Crippen LogP contribution is -2.29. The van der Waals surface area contributed by atoms with Crippen molar-refractivity contribution in [1.29, 1.82) is 0 Å². The number of para-hydroxylation sites is 1. The van der Waals surface area contributed by atoms with Crippen molar-refractivity contribution >= 4 is 27.2 Å². The fraction of sp³-hybridized carbons (Fsp3) is 0.125. The number of hydrogen-bond acceptors (Lipinski definition) is 5. The van der Waals surface area contributed by atoms with E-state index in [0.29, 0.717) is 0 Å². The Morgan fingerprint density at radius 1 is 1.33 bits per heavy atom. The first-order valence-electron chi connectivity index (χ1n) is 4.03. The third-order valence-electron chi connectivity index (χ3n) is 2.02. The summed E-state index contributed by atoms with van der Waals surface area (Å²) in [6, 6.07) is 4.27. The first-order valence-corrected chi connectivity index (χ1v) is 5.69. The molecule has 0 radical (unpaired) electrons. The molecule has 1 aliphatic rings. The molecule has 0 saturated heterocycles. The van der Waals surface area contributed by atoms with Gasteiger partial charge in [-0.15, -0.1) is 4.91 Å². The van der Waals surface area contributed by atoms with Gasteiger partial charge in [-0.2, -0.15) is 0 Å². The van der Waals surface area contributed by atoms with E-state index in [1.54, 1.807) is 0 Å². The van der Waals surface area contributed by atoms with Crippen LogP contribution in [0, 0.1) is 4.91 Å². The molecule has 1 aromatic carbocycles. The molecule has 7 heteroatoms. The van der Waals surface area contributed by atoms with Crippen molar-refractivity contribution in [2.24, 2.45) is 5.18 Å². The number of anilines is 1. The molecule has 2 rings (SSSR count). The number of benzene rings is 1. The molecule has 0 atom stereocenters. The molecule has 0 bridgehead atoms. The number of fused-ring (bicyclic) bond motifs is 1. The van der Waals surface area contributed by atoms with Crippen molar-refractivity contribution < 1.29 is 13.2 Å². The molecular weight excluding hydrogens is 220 g/mol. The molecule has 0 unspecified atom stereocenters. The number of carbonyl (C=O) groups excluding carboxylic acids is 1. The average molecular weight is 226 g/mol. The van der Waals surface area contributed by atoms with Crippen LogP contribution in [0.25, 0.3) is 0 Å². The Labute approximate surface area is 85.3 Å². The van der Waals surface area contributed by atoms with E-state index in [4.69, 9.17) is 0 Å². The van der Waals surface area contributed by atoms with Crippen molar-refractivity contribution in [2.45, 2.75) is 0 Å². The van der Waals surface area contributed by atoms with Gasteiger partial charge >= 0.3 is 0 Å². The van der Waals surface area contributed by atoms with E-state index in [9.17, 15) is 18.1 Å². The van der Waals surface area contributed by atoms with Crippen LogP contribution in [0.3, 0.4) is 0 Å². The highest BCUT2D eigenvalue weighted by Crippen LogP contribution is 2.32. The standard InChI is InChI=1S/C8H6N2O4S/c11-7-4-15(13,14)10-8-5(7)2-1-3-6(8)9-12/h1-3,10H,4H2. The highest BCUT2D eigenvalue weighted by atomic mass is 32.2. The summed E-state index contributed by atoms with van der Waals surface area (Å²) in [5, 5.41) is 2.65. The van der Waals surface area contributed by atoms with Crippen molar-refractivity contribution in [3.63, 3.8) is 0 Å². The number of nitrogens with zero attached hydrogens (tertiary/aromatic N) is 1. The minimum Gasteiger partial charge on any atom is -0.293 e. The average Bonchev–Trinajstić information content (AvgIpc) is 2.15.